The van der Waals surface area contributed by atoms with E-state index in [4.69, 9.17) is 17.2 Å². The van der Waals surface area contributed by atoms with Gasteiger partial charge in [0, 0.05) is 12.8 Å². The first-order valence-electron chi connectivity index (χ1n) is 14.2. The topological polar surface area (TPSA) is 245 Å². The largest absolute Gasteiger partial charge is 0.480 e. The van der Waals surface area contributed by atoms with Gasteiger partial charge in [0.2, 0.25) is 17.7 Å². The maximum Gasteiger partial charge on any atom is 0.331 e. The second-order valence-electron chi connectivity index (χ2n) is 10.4. The highest BCUT2D eigenvalue weighted by Gasteiger charge is 2.41. The number of aliphatic carboxylic acids is 2. The molecule has 0 saturated heterocycles. The fraction of sp³-hybridized carbons (Fsp3) is 0.778. The molecule has 0 heterocycles. The molecule has 2 unspecified atom stereocenters. The van der Waals surface area contributed by atoms with Crippen LogP contribution in [0.5, 0.6) is 0 Å². The number of unbranched alkanes of at least 4 members (excludes halogenated alkanes) is 8. The predicted molar refractivity (Wildman–Crippen MR) is 149 cm³/mol. The molecule has 0 aromatic carbocycles. The molecule has 10 N–H and O–H groups in total. The molecule has 4 atom stereocenters. The lowest BCUT2D eigenvalue weighted by atomic mass is 9.85. The minimum atomic E-state index is -2.32. The van der Waals surface area contributed by atoms with Crippen LogP contribution in [0.25, 0.3) is 0 Å². The van der Waals surface area contributed by atoms with E-state index >= 15 is 0 Å². The Balaban J connectivity index is 4.65. The van der Waals surface area contributed by atoms with Crippen molar-refractivity contribution in [3.8, 4) is 0 Å². The molecule has 0 aliphatic carbocycles. The van der Waals surface area contributed by atoms with E-state index in [0.29, 0.717) is 6.42 Å². The van der Waals surface area contributed by atoms with Gasteiger partial charge in [-0.1, -0.05) is 58.3 Å². The number of ketones is 1. The molecular formula is C27H49N5O8. The molecule has 3 amide bonds. The van der Waals surface area contributed by atoms with Gasteiger partial charge in [-0.15, -0.1) is 0 Å². The Labute approximate surface area is 236 Å². The number of carbonyl (C=O) groups is 6. The highest BCUT2D eigenvalue weighted by molar-refractivity contribution is 6.07. The number of carboxylic acid groups (broad SMARTS) is 2. The summed E-state index contributed by atoms with van der Waals surface area (Å²) in [5.41, 5.74) is 14.1. The molecule has 0 rings (SSSR count). The smallest absolute Gasteiger partial charge is 0.331 e. The summed E-state index contributed by atoms with van der Waals surface area (Å²) >= 11 is 0. The Morgan fingerprint density at radius 1 is 0.800 bits per heavy atom. The van der Waals surface area contributed by atoms with Gasteiger partial charge in [0.25, 0.3) is 0 Å². The lowest BCUT2D eigenvalue weighted by molar-refractivity contribution is -0.149. The third kappa shape index (κ3) is 14.9. The van der Waals surface area contributed by atoms with Gasteiger partial charge in [-0.05, 0) is 39.0 Å². The number of hydrogen-bond acceptors (Lipinski definition) is 8. The monoisotopic (exact) mass is 571 g/mol. The maximum absolute atomic E-state index is 12.6. The van der Waals surface area contributed by atoms with Crippen LogP contribution < -0.4 is 27.8 Å². The summed E-state index contributed by atoms with van der Waals surface area (Å²) in [6.07, 6.45) is 8.91. The van der Waals surface area contributed by atoms with Gasteiger partial charge in [-0.3, -0.25) is 19.2 Å². The van der Waals surface area contributed by atoms with Gasteiger partial charge in [0.1, 0.15) is 12.1 Å². The lowest BCUT2D eigenvalue weighted by Crippen LogP contribution is -2.56. The molecule has 0 radical (unpaired) electrons. The summed E-state index contributed by atoms with van der Waals surface area (Å²) in [7, 11) is 0. The number of carbonyl (C=O) groups excluding carboxylic acids is 4. The van der Waals surface area contributed by atoms with E-state index in [-0.39, 0.29) is 31.6 Å². The van der Waals surface area contributed by atoms with Crippen LogP contribution in [0, 0.1) is 0 Å². The van der Waals surface area contributed by atoms with Gasteiger partial charge in [0.05, 0.1) is 6.04 Å². The zero-order valence-electron chi connectivity index (χ0n) is 23.9. The standard InChI is InChI=1S/C27H49N5O8/c1-3-4-5-6-7-8-9-10-11-14-22(34)31-18(2)24(36)32-20(25(37)38)15-16-21(33)27(30,26(39)40)17-12-13-19(28)23(29)35/h18-20H,3-17,28,30H2,1-2H3,(H2,29,35)(H,31,34)(H,32,36)(H,37,38)(H,39,40)/t18-,19?,20+,27?/m0/s1. The molecule has 0 aromatic heterocycles. The van der Waals surface area contributed by atoms with Crippen molar-refractivity contribution in [2.24, 2.45) is 17.2 Å². The van der Waals surface area contributed by atoms with Crippen LogP contribution in [-0.4, -0.2) is 69.3 Å². The zero-order valence-corrected chi connectivity index (χ0v) is 23.9. The van der Waals surface area contributed by atoms with Crippen LogP contribution in [0.4, 0.5) is 0 Å². The quantitative estimate of drug-likeness (QED) is 0.0642. The zero-order chi connectivity index (χ0) is 30.7. The number of Topliss-reactive ketones (excluding diaryl/α,β-unsaturated/α-hetero) is 1. The van der Waals surface area contributed by atoms with E-state index in [1.165, 1.54) is 39.0 Å². The number of primary amides is 1. The molecular weight excluding hydrogens is 522 g/mol. The van der Waals surface area contributed by atoms with Crippen molar-refractivity contribution in [2.75, 3.05) is 0 Å². The van der Waals surface area contributed by atoms with Gasteiger partial charge >= 0.3 is 11.9 Å². The van der Waals surface area contributed by atoms with Crippen molar-refractivity contribution in [3.05, 3.63) is 0 Å². The van der Waals surface area contributed by atoms with Crippen LogP contribution in [0.15, 0.2) is 0 Å². The Kier molecular flexibility index (Phi) is 18.4. The van der Waals surface area contributed by atoms with Crippen LogP contribution >= 0.6 is 0 Å². The fourth-order valence-corrected chi connectivity index (χ4v) is 4.14. The molecule has 13 nitrogen and oxygen atoms in total. The van der Waals surface area contributed by atoms with Crippen molar-refractivity contribution in [1.29, 1.82) is 0 Å². The second-order valence-corrected chi connectivity index (χ2v) is 10.4. The molecule has 13 heteroatoms. The van der Waals surface area contributed by atoms with E-state index in [1.807, 2.05) is 0 Å². The first-order chi connectivity index (χ1) is 18.8. The van der Waals surface area contributed by atoms with Gasteiger partial charge in [0.15, 0.2) is 11.3 Å². The normalized spacial score (nSPS) is 14.8. The molecule has 40 heavy (non-hydrogen) atoms. The van der Waals surface area contributed by atoms with Gasteiger partial charge in [-0.2, -0.15) is 0 Å². The maximum atomic E-state index is 12.6. The van der Waals surface area contributed by atoms with E-state index < -0.39 is 66.0 Å². The average molecular weight is 572 g/mol. The van der Waals surface area contributed by atoms with Crippen molar-refractivity contribution in [1.82, 2.24) is 10.6 Å². The summed E-state index contributed by atoms with van der Waals surface area (Å²) < 4.78 is 0. The molecule has 0 saturated carbocycles. The van der Waals surface area contributed by atoms with Crippen LogP contribution in [0.3, 0.4) is 0 Å². The highest BCUT2D eigenvalue weighted by atomic mass is 16.4. The Morgan fingerprint density at radius 3 is 1.85 bits per heavy atom. The minimum Gasteiger partial charge on any atom is -0.480 e. The van der Waals surface area contributed by atoms with Gasteiger partial charge in [-0.25, -0.2) is 9.59 Å². The molecule has 0 aliphatic rings. The number of hydrogen-bond donors (Lipinski definition) is 7. The first kappa shape index (κ1) is 36.9. The van der Waals surface area contributed by atoms with Crippen LogP contribution in [0.1, 0.15) is 110 Å². The van der Waals surface area contributed by atoms with E-state index in [1.54, 1.807) is 0 Å². The van der Waals surface area contributed by atoms with E-state index in [2.05, 4.69) is 17.6 Å². The minimum absolute atomic E-state index is 0.0192. The third-order valence-corrected chi connectivity index (χ3v) is 6.88. The van der Waals surface area contributed by atoms with Crippen molar-refractivity contribution >= 4 is 35.4 Å². The van der Waals surface area contributed by atoms with E-state index in [9.17, 15) is 39.0 Å². The van der Waals surface area contributed by atoms with E-state index in [0.717, 1.165) is 19.3 Å². The second kappa shape index (κ2) is 19.9. The molecule has 0 spiro atoms. The number of rotatable bonds is 24. The molecule has 0 aromatic rings. The fourth-order valence-electron chi connectivity index (χ4n) is 4.14. The summed E-state index contributed by atoms with van der Waals surface area (Å²) in [4.78, 5) is 71.7. The molecule has 0 fully saturated rings. The third-order valence-electron chi connectivity index (χ3n) is 6.88. The van der Waals surface area contributed by atoms with Crippen molar-refractivity contribution < 1.29 is 39.0 Å². The number of nitrogens with one attached hydrogen (secondary N) is 2. The predicted octanol–water partition coefficient (Wildman–Crippen LogP) is 1.10. The summed E-state index contributed by atoms with van der Waals surface area (Å²) in [5, 5.41) is 23.8. The summed E-state index contributed by atoms with van der Waals surface area (Å²) in [6.45, 7) is 3.59. The highest BCUT2D eigenvalue weighted by Crippen LogP contribution is 2.18. The van der Waals surface area contributed by atoms with Crippen LogP contribution in [0.2, 0.25) is 0 Å². The number of nitrogens with two attached hydrogens (primary N) is 3. The molecule has 230 valence electrons. The Hall–Kier alpha value is -3.06. The lowest BCUT2D eigenvalue weighted by Gasteiger charge is -2.25. The first-order valence-corrected chi connectivity index (χ1v) is 14.2. The average Bonchev–Trinajstić information content (AvgIpc) is 2.88. The van der Waals surface area contributed by atoms with Crippen LogP contribution in [-0.2, 0) is 28.8 Å². The Bertz CT molecular complexity index is 853. The molecule has 0 aliphatic heterocycles. The van der Waals surface area contributed by atoms with Crippen molar-refractivity contribution in [3.63, 3.8) is 0 Å². The SMILES string of the molecule is CCCCCCCCCCCC(=O)N[C@@H](C)C(=O)N[C@H](CCC(=O)C(N)(CCCC(N)C(N)=O)C(=O)O)C(=O)O. The summed E-state index contributed by atoms with van der Waals surface area (Å²) in [5.74, 6) is -5.83. The number of carboxylic acids is 2. The Morgan fingerprint density at radius 2 is 1.35 bits per heavy atom. The van der Waals surface area contributed by atoms with Crippen molar-refractivity contribution in [2.45, 2.75) is 134 Å². The van der Waals surface area contributed by atoms with Gasteiger partial charge < -0.3 is 38.0 Å². The summed E-state index contributed by atoms with van der Waals surface area (Å²) in [6, 6.07) is -3.53. The molecule has 0 bridgehead atoms. The number of amides is 3.